The van der Waals surface area contributed by atoms with Gasteiger partial charge in [0.15, 0.2) is 0 Å². The van der Waals surface area contributed by atoms with Gasteiger partial charge in [-0.25, -0.2) is 23.2 Å². The predicted molar refractivity (Wildman–Crippen MR) is 209 cm³/mol. The van der Waals surface area contributed by atoms with E-state index in [0.29, 0.717) is 48.8 Å². The van der Waals surface area contributed by atoms with Crippen molar-refractivity contribution < 1.29 is 37.1 Å². The Labute approximate surface area is 330 Å². The fourth-order valence-electron chi connectivity index (χ4n) is 8.08. The smallest absolute Gasteiger partial charge is 0.408 e. The van der Waals surface area contributed by atoms with Gasteiger partial charge >= 0.3 is 6.09 Å². The van der Waals surface area contributed by atoms with Gasteiger partial charge in [-0.3, -0.25) is 19.1 Å². The molecule has 8 rings (SSSR count). The van der Waals surface area contributed by atoms with Crippen molar-refractivity contribution in [3.63, 3.8) is 0 Å². The monoisotopic (exact) mass is 804 g/mol. The summed E-state index contributed by atoms with van der Waals surface area (Å²) in [6, 6.07) is 9.17. The molecule has 0 radical (unpaired) electrons. The van der Waals surface area contributed by atoms with Gasteiger partial charge in [-0.05, 0) is 94.7 Å². The average Bonchev–Trinajstić information content (AvgIpc) is 3.74. The second-order valence-corrected chi connectivity index (χ2v) is 19.2. The lowest BCUT2D eigenvalue weighted by molar-refractivity contribution is -0.141. The molecule has 1 saturated heterocycles. The summed E-state index contributed by atoms with van der Waals surface area (Å²) in [7, 11) is -3.99. The Morgan fingerprint density at radius 1 is 0.964 bits per heavy atom. The van der Waals surface area contributed by atoms with Crippen molar-refractivity contribution in [1.29, 1.82) is 0 Å². The molecule has 0 bridgehead atoms. The molecule has 14 nitrogen and oxygen atoms in total. The largest absolute Gasteiger partial charge is 0.471 e. The van der Waals surface area contributed by atoms with E-state index in [2.05, 4.69) is 15.4 Å². The Balaban J connectivity index is 1.10. The number of fused-ring (bicyclic) bond motifs is 3. The zero-order valence-corrected chi connectivity index (χ0v) is 33.0. The number of ether oxygens (including phenoxy) is 2. The summed E-state index contributed by atoms with van der Waals surface area (Å²) in [4.78, 5) is 68.2. The van der Waals surface area contributed by atoms with E-state index in [0.717, 1.165) is 43.4 Å². The van der Waals surface area contributed by atoms with Crippen molar-refractivity contribution in [1.82, 2.24) is 30.2 Å². The van der Waals surface area contributed by atoms with Crippen LogP contribution >= 0.6 is 11.3 Å². The van der Waals surface area contributed by atoms with Crippen LogP contribution in [0.25, 0.3) is 21.6 Å². The van der Waals surface area contributed by atoms with Gasteiger partial charge in [0.05, 0.1) is 27.2 Å². The van der Waals surface area contributed by atoms with Gasteiger partial charge in [0.25, 0.3) is 5.91 Å². The molecule has 3 aromatic rings. The number of sulfonamides is 1. The first-order chi connectivity index (χ1) is 26.9. The fourth-order valence-corrected chi connectivity index (χ4v) is 10.1. The van der Waals surface area contributed by atoms with Gasteiger partial charge in [-0.1, -0.05) is 43.2 Å². The van der Waals surface area contributed by atoms with E-state index in [9.17, 15) is 27.6 Å². The maximum Gasteiger partial charge on any atom is 0.408 e. The number of amides is 4. The van der Waals surface area contributed by atoms with E-state index in [4.69, 9.17) is 19.4 Å². The molecule has 2 aliphatic heterocycles. The number of benzene rings is 1. The molecular formula is C40H48N6O8S2. The number of para-hydroxylation sites is 2. The molecule has 3 N–H and O–H groups in total. The minimum Gasteiger partial charge on any atom is -0.471 e. The number of nitrogens with one attached hydrogen (secondary N) is 3. The molecule has 4 fully saturated rings. The third-order valence-corrected chi connectivity index (χ3v) is 15.0. The molecule has 298 valence electrons. The number of carbonyl (C=O) groups excluding carboxylic acids is 4. The Morgan fingerprint density at radius 3 is 2.45 bits per heavy atom. The van der Waals surface area contributed by atoms with Crippen LogP contribution in [-0.4, -0.2) is 88.2 Å². The standard InChI is InChI=1S/C40H48N6O8S2/c1-39(19-20-39)56(51,52)45-37(49)40-23-25(40)12-5-3-2-4-6-17-30(43-38(50)54-26-13-7-8-14-26)36(48)46-24-27(22-31(46)34(47)44-40)53-35-33(32-18-11-21-55-32)41-28-15-9-10-16-29(28)42-35/h5,9-12,15-16,18,21,25-27,30-31H,2-4,6-8,13-14,17,19-20,22-24H2,1H3,(H,43,50)(H,44,47)(H,45,49)/b12-5-/t25?,27-,30-,31+,40-/m1/s1. The average molecular weight is 805 g/mol. The van der Waals surface area contributed by atoms with Crippen LogP contribution in [0.5, 0.6) is 5.88 Å². The molecule has 1 unspecified atom stereocenters. The highest BCUT2D eigenvalue weighted by molar-refractivity contribution is 7.91. The summed E-state index contributed by atoms with van der Waals surface area (Å²) in [6.45, 7) is 1.58. The number of carbonyl (C=O) groups is 4. The van der Waals surface area contributed by atoms with Crippen LogP contribution in [0.4, 0.5) is 4.79 Å². The summed E-state index contributed by atoms with van der Waals surface area (Å²) in [6.07, 6.45) is 10.1. The van der Waals surface area contributed by atoms with Gasteiger partial charge in [0, 0.05) is 12.3 Å². The van der Waals surface area contributed by atoms with Crippen LogP contribution in [0.15, 0.2) is 53.9 Å². The highest BCUT2D eigenvalue weighted by atomic mass is 32.2. The molecule has 4 heterocycles. The number of rotatable bonds is 8. The van der Waals surface area contributed by atoms with Gasteiger partial charge < -0.3 is 25.0 Å². The molecule has 5 atom stereocenters. The lowest BCUT2D eigenvalue weighted by Crippen LogP contribution is -2.58. The molecule has 3 saturated carbocycles. The van der Waals surface area contributed by atoms with Crippen LogP contribution in [-0.2, 0) is 29.1 Å². The highest BCUT2D eigenvalue weighted by Crippen LogP contribution is 2.47. The van der Waals surface area contributed by atoms with Crippen molar-refractivity contribution in [3.05, 3.63) is 53.9 Å². The SMILES string of the molecule is CC1(S(=O)(=O)NC(=O)[C@@]23CC2/C=C\CCCCC[C@@H](NC(=O)OC2CCCC2)C(=O)N2C[C@H](Oc4nc5ccccc5nc4-c4cccs4)C[C@H]2C(=O)N3)CC1. The van der Waals surface area contributed by atoms with Crippen molar-refractivity contribution in [2.24, 2.45) is 5.92 Å². The molecule has 2 aromatic heterocycles. The number of hydrogen-bond donors (Lipinski definition) is 3. The minimum absolute atomic E-state index is 0.0135. The number of aromatic nitrogens is 2. The summed E-state index contributed by atoms with van der Waals surface area (Å²) in [5.74, 6) is -2.05. The van der Waals surface area contributed by atoms with Crippen LogP contribution in [0.2, 0.25) is 0 Å². The van der Waals surface area contributed by atoms with Gasteiger partial charge in [0.1, 0.15) is 35.5 Å². The molecule has 16 heteroatoms. The van der Waals surface area contributed by atoms with Crippen LogP contribution < -0.4 is 20.1 Å². The maximum absolute atomic E-state index is 14.6. The van der Waals surface area contributed by atoms with Crippen LogP contribution in [0.3, 0.4) is 0 Å². The predicted octanol–water partition coefficient (Wildman–Crippen LogP) is 5.14. The molecular weight excluding hydrogens is 757 g/mol. The lowest BCUT2D eigenvalue weighted by Gasteiger charge is -2.30. The number of alkyl carbamates (subject to hydrolysis) is 1. The van der Waals surface area contributed by atoms with Crippen molar-refractivity contribution in [2.45, 2.75) is 125 Å². The van der Waals surface area contributed by atoms with Crippen LogP contribution in [0, 0.1) is 5.92 Å². The molecule has 56 heavy (non-hydrogen) atoms. The van der Waals surface area contributed by atoms with Crippen LogP contribution in [0.1, 0.15) is 90.4 Å². The minimum atomic E-state index is -3.99. The normalized spacial score (nSPS) is 28.6. The van der Waals surface area contributed by atoms with Crippen molar-refractivity contribution in [3.8, 4) is 16.5 Å². The third kappa shape index (κ3) is 7.86. The highest BCUT2D eigenvalue weighted by Gasteiger charge is 2.63. The summed E-state index contributed by atoms with van der Waals surface area (Å²) in [5, 5.41) is 7.67. The molecule has 4 amide bonds. The van der Waals surface area contributed by atoms with Gasteiger partial charge in [0.2, 0.25) is 27.7 Å². The topological polar surface area (TPSA) is 186 Å². The Hall–Kier alpha value is -4.57. The van der Waals surface area contributed by atoms with Crippen molar-refractivity contribution >= 4 is 56.2 Å². The Kier molecular flexibility index (Phi) is 10.5. The second kappa shape index (κ2) is 15.4. The van der Waals surface area contributed by atoms with E-state index < -0.39 is 68.2 Å². The number of hydrogen-bond acceptors (Lipinski definition) is 11. The van der Waals surface area contributed by atoms with E-state index in [1.807, 2.05) is 53.9 Å². The quantitative estimate of drug-likeness (QED) is 0.258. The third-order valence-electron chi connectivity index (χ3n) is 11.9. The van der Waals surface area contributed by atoms with E-state index in [1.54, 1.807) is 6.92 Å². The molecule has 5 aliphatic rings. The molecule has 3 aliphatic carbocycles. The zero-order valence-electron chi connectivity index (χ0n) is 31.4. The first-order valence-electron chi connectivity index (χ1n) is 19.8. The van der Waals surface area contributed by atoms with E-state index >= 15 is 0 Å². The molecule has 1 aromatic carbocycles. The fraction of sp³-hybridized carbons (Fsp3) is 0.550. The molecule has 0 spiro atoms. The van der Waals surface area contributed by atoms with E-state index in [-0.39, 0.29) is 31.4 Å². The van der Waals surface area contributed by atoms with E-state index in [1.165, 1.54) is 16.2 Å². The first-order valence-corrected chi connectivity index (χ1v) is 22.1. The second-order valence-electron chi connectivity index (χ2n) is 16.1. The summed E-state index contributed by atoms with van der Waals surface area (Å²) >= 11 is 1.48. The number of nitrogens with zero attached hydrogens (tertiary/aromatic N) is 3. The number of allylic oxidation sites excluding steroid dienone is 1. The lowest BCUT2D eigenvalue weighted by atomic mass is 10.0. The summed E-state index contributed by atoms with van der Waals surface area (Å²) in [5.41, 5.74) is 0.315. The number of thiophene rings is 1. The maximum atomic E-state index is 14.6. The Bertz CT molecular complexity index is 2130. The first kappa shape index (κ1) is 38.3. The Morgan fingerprint density at radius 2 is 1.71 bits per heavy atom. The van der Waals surface area contributed by atoms with Crippen molar-refractivity contribution in [2.75, 3.05) is 6.54 Å². The van der Waals surface area contributed by atoms with Gasteiger partial charge in [-0.15, -0.1) is 11.3 Å². The zero-order chi connectivity index (χ0) is 39.1. The summed E-state index contributed by atoms with van der Waals surface area (Å²) < 4.78 is 39.9. The van der Waals surface area contributed by atoms with Gasteiger partial charge in [-0.2, -0.15) is 0 Å².